The first-order chi connectivity index (χ1) is 10.7. The lowest BCUT2D eigenvalue weighted by Crippen LogP contribution is -2.16. The minimum atomic E-state index is 0.401. The molecule has 2 N–H and O–H groups in total. The van der Waals surface area contributed by atoms with Crippen LogP contribution in [0.5, 0.6) is 0 Å². The van der Waals surface area contributed by atoms with Gasteiger partial charge < -0.3 is 5.73 Å². The van der Waals surface area contributed by atoms with Crippen LogP contribution < -0.4 is 5.73 Å². The van der Waals surface area contributed by atoms with Crippen LogP contribution in [0, 0.1) is 5.92 Å². The number of nitrogens with two attached hydrogens (primary N) is 1. The summed E-state index contributed by atoms with van der Waals surface area (Å²) in [5, 5.41) is 0. The Bertz CT molecular complexity index is 845. The van der Waals surface area contributed by atoms with E-state index < -0.39 is 0 Å². The van der Waals surface area contributed by atoms with Crippen molar-refractivity contribution in [2.45, 2.75) is 26.2 Å². The van der Waals surface area contributed by atoms with E-state index in [1.807, 2.05) is 30.3 Å². The summed E-state index contributed by atoms with van der Waals surface area (Å²) in [6.45, 7) is 2.25. The number of fused-ring (bicyclic) bond motifs is 2. The molecule has 4 rings (SSSR count). The average Bonchev–Trinajstić information content (AvgIpc) is 2.54. The third kappa shape index (κ3) is 2.19. The molecule has 0 saturated carbocycles. The first kappa shape index (κ1) is 13.1. The lowest BCUT2D eigenvalue weighted by molar-refractivity contribution is 0.486. The van der Waals surface area contributed by atoms with Crippen molar-refractivity contribution in [3.05, 3.63) is 41.7 Å². The molecule has 0 unspecified atom stereocenters. The van der Waals surface area contributed by atoms with Crippen molar-refractivity contribution in [1.82, 2.24) is 19.9 Å². The molecule has 2 aromatic heterocycles. The molecule has 1 atom stereocenters. The van der Waals surface area contributed by atoms with Crippen molar-refractivity contribution in [3.63, 3.8) is 0 Å². The number of hydrogen-bond donors (Lipinski definition) is 1. The molecular weight excluding hydrogens is 274 g/mol. The smallest absolute Gasteiger partial charge is 0.184 e. The predicted octanol–water partition coefficient (Wildman–Crippen LogP) is 2.79. The molecule has 0 bridgehead atoms. The van der Waals surface area contributed by atoms with Crippen LogP contribution in [-0.4, -0.2) is 19.9 Å². The molecule has 0 aliphatic heterocycles. The minimum absolute atomic E-state index is 0.401. The zero-order valence-corrected chi connectivity index (χ0v) is 12.5. The van der Waals surface area contributed by atoms with Crippen molar-refractivity contribution in [2.75, 3.05) is 5.73 Å². The highest BCUT2D eigenvalue weighted by Crippen LogP contribution is 2.26. The Kier molecular flexibility index (Phi) is 2.99. The molecule has 0 radical (unpaired) electrons. The van der Waals surface area contributed by atoms with Gasteiger partial charge in [0.05, 0.1) is 11.4 Å². The second kappa shape index (κ2) is 5.02. The number of rotatable bonds is 1. The summed E-state index contributed by atoms with van der Waals surface area (Å²) in [6.07, 6.45) is 3.07. The average molecular weight is 291 g/mol. The van der Waals surface area contributed by atoms with Gasteiger partial charge in [-0.2, -0.15) is 0 Å². The number of anilines is 1. The monoisotopic (exact) mass is 291 g/mol. The summed E-state index contributed by atoms with van der Waals surface area (Å²) in [5.74, 6) is 1.65. The molecule has 2 heterocycles. The van der Waals surface area contributed by atoms with Crippen LogP contribution >= 0.6 is 0 Å². The predicted molar refractivity (Wildman–Crippen MR) is 86.2 cm³/mol. The Balaban J connectivity index is 1.90. The molecule has 5 nitrogen and oxygen atoms in total. The first-order valence-electron chi connectivity index (χ1n) is 7.59. The van der Waals surface area contributed by atoms with Gasteiger partial charge in [0.15, 0.2) is 22.8 Å². The summed E-state index contributed by atoms with van der Waals surface area (Å²) < 4.78 is 0. The molecule has 110 valence electrons. The number of nitrogen functional groups attached to an aromatic ring is 1. The molecule has 0 spiro atoms. The summed E-state index contributed by atoms with van der Waals surface area (Å²) in [5.41, 5.74) is 10.4. The maximum atomic E-state index is 6.10. The van der Waals surface area contributed by atoms with Crippen molar-refractivity contribution < 1.29 is 0 Å². The summed E-state index contributed by atoms with van der Waals surface area (Å²) in [7, 11) is 0. The standard InChI is InChI=1S/C17H17N5/c1-10-7-8-12-13(9-10)20-17-14(19-12)15(18)21-16(22-17)11-5-3-2-4-6-11/h2-6,10H,7-9H2,1H3,(H2,18,20,21,22)/t10-/m1/s1. The Morgan fingerprint density at radius 3 is 2.64 bits per heavy atom. The molecule has 0 amide bonds. The fourth-order valence-corrected chi connectivity index (χ4v) is 2.93. The van der Waals surface area contributed by atoms with E-state index in [-0.39, 0.29) is 0 Å². The maximum absolute atomic E-state index is 6.10. The van der Waals surface area contributed by atoms with Gasteiger partial charge in [0.2, 0.25) is 0 Å². The highest BCUT2D eigenvalue weighted by Gasteiger charge is 2.20. The highest BCUT2D eigenvalue weighted by molar-refractivity contribution is 5.83. The Labute approximate surface area is 128 Å². The van der Waals surface area contributed by atoms with Gasteiger partial charge in [-0.1, -0.05) is 37.3 Å². The highest BCUT2D eigenvalue weighted by atomic mass is 15.0. The van der Waals surface area contributed by atoms with E-state index in [9.17, 15) is 0 Å². The van der Waals surface area contributed by atoms with Crippen LogP contribution in [0.2, 0.25) is 0 Å². The molecule has 0 saturated heterocycles. The van der Waals surface area contributed by atoms with Gasteiger partial charge in [-0.25, -0.2) is 19.9 Å². The van der Waals surface area contributed by atoms with Crippen LogP contribution in [0.1, 0.15) is 24.7 Å². The van der Waals surface area contributed by atoms with E-state index in [1.165, 1.54) is 0 Å². The van der Waals surface area contributed by atoms with Crippen LogP contribution in [-0.2, 0) is 12.8 Å². The molecule has 0 fully saturated rings. The summed E-state index contributed by atoms with van der Waals surface area (Å²) in [6, 6.07) is 9.81. The minimum Gasteiger partial charge on any atom is -0.382 e. The number of aromatic nitrogens is 4. The zero-order chi connectivity index (χ0) is 15.1. The van der Waals surface area contributed by atoms with Gasteiger partial charge in [0, 0.05) is 5.56 Å². The molecule has 1 aliphatic rings. The van der Waals surface area contributed by atoms with E-state index in [0.717, 1.165) is 36.2 Å². The largest absolute Gasteiger partial charge is 0.382 e. The SMILES string of the molecule is C[C@@H]1CCc2nc3c(N)nc(-c4ccccc4)nc3nc2C1. The Morgan fingerprint density at radius 2 is 1.82 bits per heavy atom. The van der Waals surface area contributed by atoms with Gasteiger partial charge >= 0.3 is 0 Å². The topological polar surface area (TPSA) is 77.6 Å². The molecule has 1 aliphatic carbocycles. The van der Waals surface area contributed by atoms with Crippen LogP contribution in [0.3, 0.4) is 0 Å². The van der Waals surface area contributed by atoms with Crippen LogP contribution in [0.4, 0.5) is 5.82 Å². The number of nitrogens with zero attached hydrogens (tertiary/aromatic N) is 4. The maximum Gasteiger partial charge on any atom is 0.184 e. The second-order valence-corrected chi connectivity index (χ2v) is 5.94. The first-order valence-corrected chi connectivity index (χ1v) is 7.59. The fraction of sp³-hybridized carbons (Fsp3) is 0.294. The lowest BCUT2D eigenvalue weighted by Gasteiger charge is -2.20. The van der Waals surface area contributed by atoms with Crippen molar-refractivity contribution in [1.29, 1.82) is 0 Å². The van der Waals surface area contributed by atoms with Gasteiger partial charge in [-0.3, -0.25) is 0 Å². The van der Waals surface area contributed by atoms with E-state index in [0.29, 0.717) is 28.7 Å². The van der Waals surface area contributed by atoms with Gasteiger partial charge in [0.25, 0.3) is 0 Å². The van der Waals surface area contributed by atoms with Gasteiger partial charge in [-0.15, -0.1) is 0 Å². The van der Waals surface area contributed by atoms with E-state index >= 15 is 0 Å². The van der Waals surface area contributed by atoms with Crippen molar-refractivity contribution in [3.8, 4) is 11.4 Å². The van der Waals surface area contributed by atoms with Crippen LogP contribution in [0.25, 0.3) is 22.6 Å². The lowest BCUT2D eigenvalue weighted by atomic mass is 9.91. The van der Waals surface area contributed by atoms with E-state index in [1.54, 1.807) is 0 Å². The molecule has 5 heteroatoms. The normalized spacial score (nSPS) is 17.4. The van der Waals surface area contributed by atoms with Crippen LogP contribution in [0.15, 0.2) is 30.3 Å². The van der Waals surface area contributed by atoms with Gasteiger partial charge in [0.1, 0.15) is 0 Å². The number of benzene rings is 1. The van der Waals surface area contributed by atoms with Gasteiger partial charge in [-0.05, 0) is 25.2 Å². The van der Waals surface area contributed by atoms with Crippen molar-refractivity contribution in [2.24, 2.45) is 5.92 Å². The Morgan fingerprint density at radius 1 is 1.00 bits per heavy atom. The zero-order valence-electron chi connectivity index (χ0n) is 12.5. The quantitative estimate of drug-likeness (QED) is 0.746. The molecule has 22 heavy (non-hydrogen) atoms. The molecular formula is C17H17N5. The molecule has 3 aromatic rings. The third-order valence-electron chi connectivity index (χ3n) is 4.16. The number of aryl methyl sites for hydroxylation is 1. The molecule has 1 aromatic carbocycles. The second-order valence-electron chi connectivity index (χ2n) is 5.94. The van der Waals surface area contributed by atoms with E-state index in [4.69, 9.17) is 10.7 Å². The Hall–Kier alpha value is -2.56. The fourth-order valence-electron chi connectivity index (χ4n) is 2.93. The van der Waals surface area contributed by atoms with Crippen molar-refractivity contribution >= 4 is 17.0 Å². The summed E-state index contributed by atoms with van der Waals surface area (Å²) >= 11 is 0. The summed E-state index contributed by atoms with van der Waals surface area (Å²) in [4.78, 5) is 18.4. The third-order valence-corrected chi connectivity index (χ3v) is 4.16. The van der Waals surface area contributed by atoms with E-state index in [2.05, 4.69) is 21.9 Å². The number of hydrogen-bond acceptors (Lipinski definition) is 5.